The summed E-state index contributed by atoms with van der Waals surface area (Å²) < 4.78 is 72.6. The highest BCUT2D eigenvalue weighted by Crippen LogP contribution is 2.19. The second-order valence-corrected chi connectivity index (χ2v) is 7.91. The molecule has 0 saturated carbocycles. The Labute approximate surface area is 172 Å². The van der Waals surface area contributed by atoms with Gasteiger partial charge in [0, 0.05) is 19.5 Å². The van der Waals surface area contributed by atoms with E-state index in [9.17, 15) is 26.4 Å². The maximum Gasteiger partial charge on any atom is 0.422 e. The number of nitrogens with one attached hydrogen (secondary N) is 2. The number of hydrogen-bond donors (Lipinski definition) is 2. The van der Waals surface area contributed by atoms with Gasteiger partial charge in [0.25, 0.3) is 0 Å². The van der Waals surface area contributed by atoms with Gasteiger partial charge in [-0.25, -0.2) is 13.1 Å². The summed E-state index contributed by atoms with van der Waals surface area (Å²) in [6.07, 6.45) is -4.50. The van der Waals surface area contributed by atoms with Gasteiger partial charge in [-0.05, 0) is 42.0 Å². The molecule has 0 radical (unpaired) electrons. The minimum absolute atomic E-state index is 0.0524. The normalized spacial score (nSPS) is 11.7. The Morgan fingerprint density at radius 1 is 1.00 bits per heavy atom. The van der Waals surface area contributed by atoms with Gasteiger partial charge < -0.3 is 14.8 Å². The average Bonchev–Trinajstić information content (AvgIpc) is 2.71. The Kier molecular flexibility index (Phi) is 8.07. The summed E-state index contributed by atoms with van der Waals surface area (Å²) >= 11 is 0. The standard InChI is InChI=1S/C19H21F3N2O5S/c1-28-15-6-8-17(9-7-15)30(26,27)24-11-10-18(25)23-12-14-2-4-16(5-3-14)29-13-19(20,21)22/h2-9,24H,10-13H2,1H3,(H,23,25). The van der Waals surface area contributed by atoms with E-state index in [-0.39, 0.29) is 36.1 Å². The van der Waals surface area contributed by atoms with Crippen molar-refractivity contribution in [3.63, 3.8) is 0 Å². The zero-order chi connectivity index (χ0) is 22.2. The monoisotopic (exact) mass is 446 g/mol. The SMILES string of the molecule is COc1ccc(S(=O)(=O)NCCC(=O)NCc2ccc(OCC(F)(F)F)cc2)cc1. The molecule has 0 bridgehead atoms. The van der Waals surface area contributed by atoms with E-state index in [2.05, 4.69) is 14.8 Å². The molecule has 2 N–H and O–H groups in total. The van der Waals surface area contributed by atoms with Gasteiger partial charge in [-0.15, -0.1) is 0 Å². The first-order valence-corrected chi connectivity index (χ1v) is 10.3. The lowest BCUT2D eigenvalue weighted by atomic mass is 10.2. The lowest BCUT2D eigenvalue weighted by molar-refractivity contribution is -0.153. The molecule has 2 aromatic carbocycles. The molecule has 0 saturated heterocycles. The molecule has 0 spiro atoms. The Morgan fingerprint density at radius 3 is 2.17 bits per heavy atom. The lowest BCUT2D eigenvalue weighted by Crippen LogP contribution is -2.30. The van der Waals surface area contributed by atoms with Gasteiger partial charge in [-0.3, -0.25) is 4.79 Å². The maximum absolute atomic E-state index is 12.2. The molecule has 2 rings (SSSR count). The number of carbonyl (C=O) groups is 1. The molecule has 1 amide bonds. The van der Waals surface area contributed by atoms with Crippen LogP contribution in [0.5, 0.6) is 11.5 Å². The van der Waals surface area contributed by atoms with E-state index in [1.54, 1.807) is 0 Å². The van der Waals surface area contributed by atoms with Crippen LogP contribution >= 0.6 is 0 Å². The van der Waals surface area contributed by atoms with Gasteiger partial charge >= 0.3 is 6.18 Å². The van der Waals surface area contributed by atoms with Gasteiger partial charge in [-0.2, -0.15) is 13.2 Å². The predicted molar refractivity (Wildman–Crippen MR) is 103 cm³/mol. The molecule has 7 nitrogen and oxygen atoms in total. The van der Waals surface area contributed by atoms with Crippen LogP contribution < -0.4 is 19.5 Å². The van der Waals surface area contributed by atoms with E-state index in [1.807, 2.05) is 0 Å². The summed E-state index contributed by atoms with van der Waals surface area (Å²) in [5.41, 5.74) is 0.654. The minimum atomic E-state index is -4.42. The molecule has 0 atom stereocenters. The van der Waals surface area contributed by atoms with E-state index < -0.39 is 22.8 Å². The first-order valence-electron chi connectivity index (χ1n) is 8.78. The molecule has 30 heavy (non-hydrogen) atoms. The molecule has 0 heterocycles. The number of amides is 1. The summed E-state index contributed by atoms with van der Waals surface area (Å²) in [6, 6.07) is 11.6. The zero-order valence-electron chi connectivity index (χ0n) is 16.0. The highest BCUT2D eigenvalue weighted by molar-refractivity contribution is 7.89. The maximum atomic E-state index is 12.2. The quantitative estimate of drug-likeness (QED) is 0.585. The fraction of sp³-hybridized carbons (Fsp3) is 0.316. The molecular formula is C19H21F3N2O5S. The number of alkyl halides is 3. The minimum Gasteiger partial charge on any atom is -0.497 e. The first-order chi connectivity index (χ1) is 14.1. The molecule has 2 aromatic rings. The van der Waals surface area contributed by atoms with E-state index >= 15 is 0 Å². The first kappa shape index (κ1) is 23.5. The second kappa shape index (κ2) is 10.3. The summed E-state index contributed by atoms with van der Waals surface area (Å²) in [6.45, 7) is -1.33. The summed E-state index contributed by atoms with van der Waals surface area (Å²) in [5.74, 6) is 0.202. The van der Waals surface area contributed by atoms with Gasteiger partial charge in [0.1, 0.15) is 11.5 Å². The van der Waals surface area contributed by atoms with Crippen LogP contribution in [0.3, 0.4) is 0 Å². The molecule has 0 aliphatic heterocycles. The van der Waals surface area contributed by atoms with Crippen LogP contribution in [0.25, 0.3) is 0 Å². The van der Waals surface area contributed by atoms with Crippen LogP contribution in [0, 0.1) is 0 Å². The average molecular weight is 446 g/mol. The number of methoxy groups -OCH3 is 1. The van der Waals surface area contributed by atoms with E-state index in [4.69, 9.17) is 4.74 Å². The fourth-order valence-corrected chi connectivity index (χ4v) is 3.33. The molecule has 0 aliphatic carbocycles. The van der Waals surface area contributed by atoms with Crippen molar-refractivity contribution in [1.82, 2.24) is 10.0 Å². The van der Waals surface area contributed by atoms with Crippen LogP contribution in [-0.2, 0) is 21.4 Å². The molecule has 0 unspecified atom stereocenters. The van der Waals surface area contributed by atoms with Crippen molar-refractivity contribution >= 4 is 15.9 Å². The number of carbonyl (C=O) groups excluding carboxylic acids is 1. The van der Waals surface area contributed by atoms with Crippen LogP contribution in [0.15, 0.2) is 53.4 Å². The smallest absolute Gasteiger partial charge is 0.422 e. The molecule has 11 heteroatoms. The molecule has 0 fully saturated rings. The third kappa shape index (κ3) is 7.91. The Bertz CT molecular complexity index is 930. The number of hydrogen-bond acceptors (Lipinski definition) is 5. The highest BCUT2D eigenvalue weighted by Gasteiger charge is 2.28. The predicted octanol–water partition coefficient (Wildman–Crippen LogP) is 2.62. The van der Waals surface area contributed by atoms with Crippen LogP contribution in [0.1, 0.15) is 12.0 Å². The number of rotatable bonds is 10. The Balaban J connectivity index is 1.74. The van der Waals surface area contributed by atoms with Gasteiger partial charge in [0.05, 0.1) is 12.0 Å². The van der Waals surface area contributed by atoms with Crippen LogP contribution in [-0.4, -0.2) is 40.8 Å². The number of ether oxygens (including phenoxy) is 2. The topological polar surface area (TPSA) is 93.7 Å². The van der Waals surface area contributed by atoms with Crippen LogP contribution in [0.4, 0.5) is 13.2 Å². The molecule has 164 valence electrons. The third-order valence-electron chi connectivity index (χ3n) is 3.83. The van der Waals surface area contributed by atoms with E-state index in [1.165, 1.54) is 55.6 Å². The molecule has 0 aliphatic rings. The van der Waals surface area contributed by atoms with E-state index in [0.29, 0.717) is 11.3 Å². The van der Waals surface area contributed by atoms with E-state index in [0.717, 1.165) is 0 Å². The fourth-order valence-electron chi connectivity index (χ4n) is 2.29. The van der Waals surface area contributed by atoms with Crippen molar-refractivity contribution in [2.24, 2.45) is 0 Å². The Morgan fingerprint density at radius 2 is 1.60 bits per heavy atom. The Hall–Kier alpha value is -2.79. The third-order valence-corrected chi connectivity index (χ3v) is 5.31. The van der Waals surface area contributed by atoms with Gasteiger partial charge in [0.15, 0.2) is 6.61 Å². The lowest BCUT2D eigenvalue weighted by Gasteiger charge is -2.10. The molecule has 0 aromatic heterocycles. The zero-order valence-corrected chi connectivity index (χ0v) is 16.8. The summed E-state index contributed by atoms with van der Waals surface area (Å²) in [5, 5.41) is 2.60. The number of halogens is 3. The highest BCUT2D eigenvalue weighted by atomic mass is 32.2. The van der Waals surface area contributed by atoms with Crippen molar-refractivity contribution in [1.29, 1.82) is 0 Å². The van der Waals surface area contributed by atoms with Crippen molar-refractivity contribution in [3.8, 4) is 11.5 Å². The largest absolute Gasteiger partial charge is 0.497 e. The van der Waals surface area contributed by atoms with Crippen molar-refractivity contribution in [2.75, 3.05) is 20.3 Å². The summed E-state index contributed by atoms with van der Waals surface area (Å²) in [4.78, 5) is 11.9. The van der Waals surface area contributed by atoms with Crippen molar-refractivity contribution < 1.29 is 35.9 Å². The number of benzene rings is 2. The number of sulfonamides is 1. The van der Waals surface area contributed by atoms with Gasteiger partial charge in [0.2, 0.25) is 15.9 Å². The molecular weight excluding hydrogens is 425 g/mol. The summed E-state index contributed by atoms with van der Waals surface area (Å²) in [7, 11) is -2.28. The van der Waals surface area contributed by atoms with Crippen molar-refractivity contribution in [2.45, 2.75) is 24.0 Å². The van der Waals surface area contributed by atoms with Crippen LogP contribution in [0.2, 0.25) is 0 Å². The van der Waals surface area contributed by atoms with Gasteiger partial charge in [-0.1, -0.05) is 12.1 Å². The second-order valence-electron chi connectivity index (χ2n) is 6.15. The van der Waals surface area contributed by atoms with Crippen molar-refractivity contribution in [3.05, 3.63) is 54.1 Å².